The average molecular weight is 330 g/mol. The Morgan fingerprint density at radius 1 is 1.21 bits per heavy atom. The van der Waals surface area contributed by atoms with Gasteiger partial charge in [-0.1, -0.05) is 19.1 Å². The molecule has 2 N–H and O–H groups in total. The molecule has 2 rings (SSSR count). The number of nitrogens with zero attached hydrogens (tertiary/aromatic N) is 1. The van der Waals surface area contributed by atoms with E-state index in [0.29, 0.717) is 18.7 Å². The summed E-state index contributed by atoms with van der Waals surface area (Å²) in [7, 11) is 1.64. The first kappa shape index (κ1) is 18.1. The molecule has 0 aliphatic heterocycles. The highest BCUT2D eigenvalue weighted by Gasteiger charge is 2.22. The number of aromatic nitrogens is 1. The third kappa shape index (κ3) is 3.79. The van der Waals surface area contributed by atoms with Gasteiger partial charge in [0.1, 0.15) is 5.75 Å². The summed E-state index contributed by atoms with van der Waals surface area (Å²) in [4.78, 5) is 11.7. The van der Waals surface area contributed by atoms with Crippen LogP contribution < -0.4 is 10.1 Å². The van der Waals surface area contributed by atoms with Crippen LogP contribution in [0, 0.1) is 13.8 Å². The van der Waals surface area contributed by atoms with Gasteiger partial charge in [-0.3, -0.25) is 0 Å². The largest absolute Gasteiger partial charge is 0.497 e. The van der Waals surface area contributed by atoms with Crippen LogP contribution in [0.25, 0.3) is 0 Å². The van der Waals surface area contributed by atoms with E-state index in [4.69, 9.17) is 4.74 Å². The van der Waals surface area contributed by atoms with Crippen LogP contribution in [0.2, 0.25) is 0 Å². The van der Waals surface area contributed by atoms with Gasteiger partial charge in [-0.05, 0) is 44.5 Å². The van der Waals surface area contributed by atoms with E-state index in [2.05, 4.69) is 16.8 Å². The lowest BCUT2D eigenvalue weighted by Gasteiger charge is -2.11. The smallest absolute Gasteiger partial charge is 0.337 e. The first-order chi connectivity index (χ1) is 11.5. The van der Waals surface area contributed by atoms with Gasteiger partial charge in [-0.15, -0.1) is 0 Å². The van der Waals surface area contributed by atoms with E-state index in [1.54, 1.807) is 7.11 Å². The molecule has 0 aliphatic carbocycles. The first-order valence-corrected chi connectivity index (χ1v) is 8.25. The zero-order valence-electron chi connectivity index (χ0n) is 14.8. The summed E-state index contributed by atoms with van der Waals surface area (Å²) in [5.74, 6) is -0.0484. The van der Waals surface area contributed by atoms with Crippen molar-refractivity contribution in [3.63, 3.8) is 0 Å². The number of hydrogen-bond donors (Lipinski definition) is 2. The highest BCUT2D eigenvalue weighted by atomic mass is 16.5. The minimum atomic E-state index is -0.864. The number of carboxylic acids is 1. The Bertz CT molecular complexity index is 702. The van der Waals surface area contributed by atoms with Gasteiger partial charge >= 0.3 is 5.97 Å². The van der Waals surface area contributed by atoms with Crippen molar-refractivity contribution in [1.29, 1.82) is 0 Å². The quantitative estimate of drug-likeness (QED) is 0.729. The average Bonchev–Trinajstić information content (AvgIpc) is 2.80. The van der Waals surface area contributed by atoms with E-state index in [9.17, 15) is 9.90 Å². The Labute approximate surface area is 143 Å². The van der Waals surface area contributed by atoms with Gasteiger partial charge in [0.05, 0.1) is 12.7 Å². The van der Waals surface area contributed by atoms with Gasteiger partial charge in [-0.2, -0.15) is 0 Å². The minimum absolute atomic E-state index is 0.421. The second kappa shape index (κ2) is 8.02. The molecule has 0 saturated heterocycles. The molecule has 1 aromatic heterocycles. The molecule has 2 aromatic rings. The van der Waals surface area contributed by atoms with Gasteiger partial charge in [0.25, 0.3) is 0 Å². The van der Waals surface area contributed by atoms with E-state index in [1.165, 1.54) is 0 Å². The van der Waals surface area contributed by atoms with Crippen molar-refractivity contribution in [2.24, 2.45) is 0 Å². The number of rotatable bonds is 8. The molecule has 0 aliphatic rings. The van der Waals surface area contributed by atoms with Crippen LogP contribution >= 0.6 is 0 Å². The summed E-state index contributed by atoms with van der Waals surface area (Å²) in [6.45, 7) is 8.07. The molecule has 0 bridgehead atoms. The number of nitrogens with one attached hydrogen (secondary N) is 1. The highest BCUT2D eigenvalue weighted by Crippen LogP contribution is 2.24. The van der Waals surface area contributed by atoms with Crippen molar-refractivity contribution in [2.75, 3.05) is 13.7 Å². The van der Waals surface area contributed by atoms with Crippen molar-refractivity contribution in [2.45, 2.75) is 40.3 Å². The van der Waals surface area contributed by atoms with Crippen LogP contribution in [0.4, 0.5) is 0 Å². The summed E-state index contributed by atoms with van der Waals surface area (Å²) in [5.41, 5.74) is 4.21. The van der Waals surface area contributed by atoms with E-state index in [1.807, 2.05) is 38.1 Å². The normalized spacial score (nSPS) is 10.8. The fraction of sp³-hybridized carbons (Fsp3) is 0.421. The maximum Gasteiger partial charge on any atom is 0.337 e. The second-order valence-corrected chi connectivity index (χ2v) is 5.94. The fourth-order valence-electron chi connectivity index (χ4n) is 2.99. The fourth-order valence-corrected chi connectivity index (χ4v) is 2.99. The lowest BCUT2D eigenvalue weighted by atomic mass is 10.1. The molecule has 0 saturated carbocycles. The molecule has 24 heavy (non-hydrogen) atoms. The number of hydrogen-bond acceptors (Lipinski definition) is 3. The molecular weight excluding hydrogens is 304 g/mol. The van der Waals surface area contributed by atoms with Crippen LogP contribution in [-0.2, 0) is 13.1 Å². The van der Waals surface area contributed by atoms with Crippen LogP contribution in [0.3, 0.4) is 0 Å². The zero-order chi connectivity index (χ0) is 17.7. The molecule has 5 nitrogen and oxygen atoms in total. The highest BCUT2D eigenvalue weighted by molar-refractivity contribution is 5.91. The molecule has 1 aromatic carbocycles. The molecule has 0 amide bonds. The summed E-state index contributed by atoms with van der Waals surface area (Å²) >= 11 is 0. The molecule has 130 valence electrons. The molecule has 0 atom stereocenters. The summed E-state index contributed by atoms with van der Waals surface area (Å²) < 4.78 is 7.26. The van der Waals surface area contributed by atoms with E-state index in [0.717, 1.165) is 41.2 Å². The van der Waals surface area contributed by atoms with Crippen molar-refractivity contribution < 1.29 is 14.6 Å². The number of aromatic carboxylic acids is 1. The second-order valence-electron chi connectivity index (χ2n) is 5.94. The zero-order valence-corrected chi connectivity index (χ0v) is 14.8. The van der Waals surface area contributed by atoms with E-state index >= 15 is 0 Å². The van der Waals surface area contributed by atoms with Gasteiger partial charge in [0.2, 0.25) is 0 Å². The van der Waals surface area contributed by atoms with Crippen molar-refractivity contribution in [3.05, 3.63) is 52.3 Å². The van der Waals surface area contributed by atoms with Gasteiger partial charge in [0.15, 0.2) is 0 Å². The monoisotopic (exact) mass is 330 g/mol. The van der Waals surface area contributed by atoms with Gasteiger partial charge in [0, 0.05) is 30.0 Å². The first-order valence-electron chi connectivity index (χ1n) is 8.25. The van der Waals surface area contributed by atoms with Crippen LogP contribution in [0.15, 0.2) is 24.3 Å². The van der Waals surface area contributed by atoms with E-state index in [-0.39, 0.29) is 0 Å². The Hall–Kier alpha value is -2.27. The van der Waals surface area contributed by atoms with Gasteiger partial charge < -0.3 is 19.7 Å². The molecular formula is C19H26N2O3. The number of methoxy groups -OCH3 is 1. The van der Waals surface area contributed by atoms with E-state index < -0.39 is 5.97 Å². The maximum absolute atomic E-state index is 11.7. The van der Waals surface area contributed by atoms with Gasteiger partial charge in [-0.25, -0.2) is 4.79 Å². The molecule has 0 fully saturated rings. The molecule has 0 unspecified atom stereocenters. The molecule has 0 radical (unpaired) electrons. The number of benzene rings is 1. The summed E-state index contributed by atoms with van der Waals surface area (Å²) in [6.07, 6.45) is 1.02. The Morgan fingerprint density at radius 3 is 2.42 bits per heavy atom. The lowest BCUT2D eigenvalue weighted by molar-refractivity contribution is 0.0694. The van der Waals surface area contributed by atoms with Crippen LogP contribution in [0.5, 0.6) is 5.75 Å². The number of carbonyl (C=O) groups is 1. The van der Waals surface area contributed by atoms with Crippen LogP contribution in [0.1, 0.15) is 46.2 Å². The third-order valence-electron chi connectivity index (χ3n) is 4.35. The van der Waals surface area contributed by atoms with Crippen molar-refractivity contribution >= 4 is 5.97 Å². The maximum atomic E-state index is 11.7. The number of ether oxygens (including phenoxy) is 1. The molecule has 5 heteroatoms. The Balaban J connectivity index is 2.34. The topological polar surface area (TPSA) is 63.5 Å². The standard InChI is InChI=1S/C19H26N2O3/c1-5-10-20-11-17-13(2)21(14(3)18(17)19(22)23)12-15-6-8-16(24-4)9-7-15/h6-9,20H,5,10-12H2,1-4H3,(H,22,23). The van der Waals surface area contributed by atoms with Crippen molar-refractivity contribution in [3.8, 4) is 5.75 Å². The van der Waals surface area contributed by atoms with Crippen LogP contribution in [-0.4, -0.2) is 29.3 Å². The Morgan fingerprint density at radius 2 is 1.88 bits per heavy atom. The molecule has 0 spiro atoms. The predicted molar refractivity (Wildman–Crippen MR) is 95.0 cm³/mol. The Kier molecular flexibility index (Phi) is 6.04. The number of carboxylic acid groups (broad SMARTS) is 1. The predicted octanol–water partition coefficient (Wildman–Crippen LogP) is 3.36. The SMILES string of the molecule is CCCNCc1c(C(=O)O)c(C)n(Cc2ccc(OC)cc2)c1C. The minimum Gasteiger partial charge on any atom is -0.497 e. The summed E-state index contributed by atoms with van der Waals surface area (Å²) in [5, 5.41) is 12.9. The molecule has 1 heterocycles. The third-order valence-corrected chi connectivity index (χ3v) is 4.35. The summed E-state index contributed by atoms with van der Waals surface area (Å²) in [6, 6.07) is 7.86. The van der Waals surface area contributed by atoms with Crippen molar-refractivity contribution in [1.82, 2.24) is 9.88 Å². The lowest BCUT2D eigenvalue weighted by Crippen LogP contribution is -2.16.